The van der Waals surface area contributed by atoms with Gasteiger partial charge in [0.1, 0.15) is 5.75 Å². The molecule has 0 N–H and O–H groups in total. The Morgan fingerprint density at radius 2 is 2.00 bits per heavy atom. The molecule has 0 unspecified atom stereocenters. The van der Waals surface area contributed by atoms with Gasteiger partial charge in [-0.3, -0.25) is 4.79 Å². The van der Waals surface area contributed by atoms with Crippen LogP contribution in [0.25, 0.3) is 11.0 Å². The second-order valence-electron chi connectivity index (χ2n) is 6.77. The summed E-state index contributed by atoms with van der Waals surface area (Å²) in [6.45, 7) is 1.58. The third kappa shape index (κ3) is 3.29. The summed E-state index contributed by atoms with van der Waals surface area (Å²) >= 11 is 0. The summed E-state index contributed by atoms with van der Waals surface area (Å²) in [6, 6.07) is 16.4. The van der Waals surface area contributed by atoms with E-state index in [1.807, 2.05) is 53.7 Å². The number of nitrogens with zero attached hydrogens (tertiary/aromatic N) is 3. The third-order valence-electron chi connectivity index (χ3n) is 5.18. The van der Waals surface area contributed by atoms with E-state index in [0.29, 0.717) is 12.5 Å². The van der Waals surface area contributed by atoms with Crippen LogP contribution in [0.2, 0.25) is 0 Å². The van der Waals surface area contributed by atoms with Crippen LogP contribution in [-0.4, -0.2) is 40.6 Å². The Bertz CT molecular complexity index is 901. The van der Waals surface area contributed by atoms with Crippen LogP contribution < -0.4 is 4.74 Å². The summed E-state index contributed by atoms with van der Waals surface area (Å²) in [5.74, 6) is 1.07. The molecule has 26 heavy (non-hydrogen) atoms. The van der Waals surface area contributed by atoms with Crippen LogP contribution in [0.15, 0.2) is 54.9 Å². The lowest BCUT2D eigenvalue weighted by Gasteiger charge is -2.17. The molecule has 1 aromatic heterocycles. The second kappa shape index (κ2) is 7.20. The van der Waals surface area contributed by atoms with E-state index in [2.05, 4.69) is 15.6 Å². The van der Waals surface area contributed by atoms with Gasteiger partial charge in [0.25, 0.3) is 0 Å². The zero-order chi connectivity index (χ0) is 17.9. The number of aromatic nitrogens is 2. The molecule has 0 radical (unpaired) electrons. The summed E-state index contributed by atoms with van der Waals surface area (Å²) < 4.78 is 7.39. The molecule has 2 aromatic carbocycles. The Labute approximate surface area is 153 Å². The number of carbonyl (C=O) groups excluding carboxylic acids is 1. The minimum absolute atomic E-state index is 0.229. The summed E-state index contributed by atoms with van der Waals surface area (Å²) in [6.07, 6.45) is 4.19. The van der Waals surface area contributed by atoms with Crippen LogP contribution in [0.1, 0.15) is 24.4 Å². The first-order valence-corrected chi connectivity index (χ1v) is 9.07. The van der Waals surface area contributed by atoms with Gasteiger partial charge in [0.05, 0.1) is 30.5 Å². The van der Waals surface area contributed by atoms with Crippen molar-refractivity contribution in [3.63, 3.8) is 0 Å². The van der Waals surface area contributed by atoms with E-state index in [1.165, 1.54) is 0 Å². The van der Waals surface area contributed by atoms with Crippen molar-refractivity contribution >= 4 is 16.9 Å². The molecule has 5 heteroatoms. The number of ether oxygens (including phenoxy) is 1. The van der Waals surface area contributed by atoms with Crippen LogP contribution in [-0.2, 0) is 11.2 Å². The lowest BCUT2D eigenvalue weighted by molar-refractivity contribution is -0.130. The SMILES string of the molecule is COc1ccc(CCC(=O)N2CC[C@@H](n3cnc4ccccc43)C2)cc1. The van der Waals surface area contributed by atoms with Gasteiger partial charge >= 0.3 is 0 Å². The van der Waals surface area contributed by atoms with Crippen LogP contribution in [0, 0.1) is 0 Å². The van der Waals surface area contributed by atoms with Crippen molar-refractivity contribution in [3.05, 3.63) is 60.4 Å². The second-order valence-corrected chi connectivity index (χ2v) is 6.77. The number of likely N-dealkylation sites (tertiary alicyclic amines) is 1. The van der Waals surface area contributed by atoms with Gasteiger partial charge in [0.15, 0.2) is 0 Å². The average Bonchev–Trinajstić information content (AvgIpc) is 3.33. The molecule has 0 aliphatic carbocycles. The Balaban J connectivity index is 1.36. The summed E-state index contributed by atoms with van der Waals surface area (Å²) in [7, 11) is 1.66. The molecule has 1 saturated heterocycles. The first-order valence-electron chi connectivity index (χ1n) is 9.07. The van der Waals surface area contributed by atoms with Crippen molar-refractivity contribution in [1.29, 1.82) is 0 Å². The Kier molecular flexibility index (Phi) is 4.61. The molecular weight excluding hydrogens is 326 g/mol. The molecule has 4 rings (SSSR count). The fraction of sp³-hybridized carbons (Fsp3) is 0.333. The molecular formula is C21H23N3O2. The smallest absolute Gasteiger partial charge is 0.222 e. The maximum Gasteiger partial charge on any atom is 0.222 e. The molecule has 1 amide bonds. The largest absolute Gasteiger partial charge is 0.497 e. The van der Waals surface area contributed by atoms with Crippen LogP contribution >= 0.6 is 0 Å². The Morgan fingerprint density at radius 1 is 1.19 bits per heavy atom. The number of para-hydroxylation sites is 2. The number of rotatable bonds is 5. The molecule has 5 nitrogen and oxygen atoms in total. The fourth-order valence-electron chi connectivity index (χ4n) is 3.67. The van der Waals surface area contributed by atoms with Crippen molar-refractivity contribution in [1.82, 2.24) is 14.5 Å². The molecule has 3 aromatic rings. The van der Waals surface area contributed by atoms with Crippen molar-refractivity contribution < 1.29 is 9.53 Å². The number of benzene rings is 2. The lowest BCUT2D eigenvalue weighted by atomic mass is 10.1. The molecule has 1 aliphatic heterocycles. The highest BCUT2D eigenvalue weighted by atomic mass is 16.5. The topological polar surface area (TPSA) is 47.4 Å². The maximum atomic E-state index is 12.6. The number of methoxy groups -OCH3 is 1. The van der Waals surface area contributed by atoms with Gasteiger partial charge in [-0.15, -0.1) is 0 Å². The fourth-order valence-corrected chi connectivity index (χ4v) is 3.67. The molecule has 0 spiro atoms. The van der Waals surface area contributed by atoms with Gasteiger partial charge in [-0.1, -0.05) is 24.3 Å². The maximum absolute atomic E-state index is 12.6. The minimum atomic E-state index is 0.229. The Morgan fingerprint density at radius 3 is 2.81 bits per heavy atom. The number of fused-ring (bicyclic) bond motifs is 1. The predicted octanol–water partition coefficient (Wildman–Crippen LogP) is 3.45. The summed E-state index contributed by atoms with van der Waals surface area (Å²) in [5, 5.41) is 0. The summed E-state index contributed by atoms with van der Waals surface area (Å²) in [4.78, 5) is 19.1. The van der Waals surface area contributed by atoms with Crippen molar-refractivity contribution in [2.45, 2.75) is 25.3 Å². The quantitative estimate of drug-likeness (QED) is 0.709. The molecule has 1 aliphatic rings. The number of hydrogen-bond donors (Lipinski definition) is 0. The van der Waals surface area contributed by atoms with E-state index in [-0.39, 0.29) is 5.91 Å². The molecule has 1 fully saturated rings. The van der Waals surface area contributed by atoms with Gasteiger partial charge in [-0.2, -0.15) is 0 Å². The van der Waals surface area contributed by atoms with E-state index in [1.54, 1.807) is 7.11 Å². The molecule has 0 bridgehead atoms. The van der Waals surface area contributed by atoms with Crippen LogP contribution in [0.4, 0.5) is 0 Å². The number of carbonyl (C=O) groups is 1. The third-order valence-corrected chi connectivity index (χ3v) is 5.18. The zero-order valence-corrected chi connectivity index (χ0v) is 15.0. The van der Waals surface area contributed by atoms with Gasteiger partial charge in [0.2, 0.25) is 5.91 Å². The number of hydrogen-bond acceptors (Lipinski definition) is 3. The number of aryl methyl sites for hydroxylation is 1. The average molecular weight is 349 g/mol. The van der Waals surface area contributed by atoms with E-state index in [4.69, 9.17) is 4.74 Å². The highest BCUT2D eigenvalue weighted by Gasteiger charge is 2.27. The lowest BCUT2D eigenvalue weighted by Crippen LogP contribution is -2.29. The van der Waals surface area contributed by atoms with E-state index in [0.717, 1.165) is 48.3 Å². The molecule has 1 atom stereocenters. The van der Waals surface area contributed by atoms with E-state index >= 15 is 0 Å². The summed E-state index contributed by atoms with van der Waals surface area (Å²) in [5.41, 5.74) is 3.32. The molecule has 0 saturated carbocycles. The minimum Gasteiger partial charge on any atom is -0.497 e. The van der Waals surface area contributed by atoms with Gasteiger partial charge < -0.3 is 14.2 Å². The number of imidazole rings is 1. The van der Waals surface area contributed by atoms with Crippen LogP contribution in [0.5, 0.6) is 5.75 Å². The normalized spacial score (nSPS) is 17.0. The highest BCUT2D eigenvalue weighted by molar-refractivity contribution is 5.77. The van der Waals surface area contributed by atoms with Crippen molar-refractivity contribution in [2.75, 3.05) is 20.2 Å². The highest BCUT2D eigenvalue weighted by Crippen LogP contribution is 2.26. The van der Waals surface area contributed by atoms with Gasteiger partial charge in [-0.25, -0.2) is 4.98 Å². The van der Waals surface area contributed by atoms with Gasteiger partial charge in [-0.05, 0) is 42.7 Å². The first kappa shape index (κ1) is 16.6. The van der Waals surface area contributed by atoms with Gasteiger partial charge in [0, 0.05) is 19.5 Å². The molecule has 134 valence electrons. The molecule has 2 heterocycles. The van der Waals surface area contributed by atoms with Crippen molar-refractivity contribution in [2.24, 2.45) is 0 Å². The van der Waals surface area contributed by atoms with E-state index in [9.17, 15) is 4.79 Å². The monoisotopic (exact) mass is 349 g/mol. The zero-order valence-electron chi connectivity index (χ0n) is 15.0. The van der Waals surface area contributed by atoms with Crippen molar-refractivity contribution in [3.8, 4) is 5.75 Å². The number of amides is 1. The Hall–Kier alpha value is -2.82. The van der Waals surface area contributed by atoms with E-state index < -0.39 is 0 Å². The predicted molar refractivity (Wildman–Crippen MR) is 101 cm³/mol. The standard InChI is InChI=1S/C21H23N3O2/c1-26-18-9-6-16(7-10-18)8-11-21(25)23-13-12-17(14-23)24-15-22-19-4-2-3-5-20(19)24/h2-7,9-10,15,17H,8,11-14H2,1H3/t17-/m1/s1. The van der Waals surface area contributed by atoms with Crippen LogP contribution in [0.3, 0.4) is 0 Å². The first-order chi connectivity index (χ1) is 12.7.